The van der Waals surface area contributed by atoms with E-state index in [1.165, 1.54) is 6.92 Å². The van der Waals surface area contributed by atoms with Crippen LogP contribution in [0.25, 0.3) is 10.9 Å². The number of H-pyrrole nitrogens is 1. The quantitative estimate of drug-likeness (QED) is 0.148. The minimum atomic E-state index is -1.33. The van der Waals surface area contributed by atoms with Crippen molar-refractivity contribution in [3.05, 3.63) is 36.0 Å². The van der Waals surface area contributed by atoms with E-state index in [2.05, 4.69) is 20.9 Å². The van der Waals surface area contributed by atoms with Crippen LogP contribution in [0.1, 0.15) is 39.2 Å². The lowest BCUT2D eigenvalue weighted by Gasteiger charge is -2.27. The molecule has 4 amide bonds. The number of aliphatic carboxylic acids is 1. The highest BCUT2D eigenvalue weighted by atomic mass is 16.4. The van der Waals surface area contributed by atoms with Gasteiger partial charge in [0.2, 0.25) is 23.6 Å². The van der Waals surface area contributed by atoms with E-state index in [1.54, 1.807) is 26.1 Å². The fourth-order valence-corrected chi connectivity index (χ4v) is 3.81. The van der Waals surface area contributed by atoms with Crippen LogP contribution in [0.5, 0.6) is 0 Å². The van der Waals surface area contributed by atoms with Crippen molar-refractivity contribution in [1.82, 2.24) is 20.9 Å². The number of fused-ring (bicyclic) bond motifs is 1. The smallest absolute Gasteiger partial charge is 0.326 e. The van der Waals surface area contributed by atoms with Gasteiger partial charge in [-0.05, 0) is 30.9 Å². The largest absolute Gasteiger partial charge is 0.480 e. The molecule has 1 heterocycles. The summed E-state index contributed by atoms with van der Waals surface area (Å²) in [5.41, 5.74) is 12.3. The number of nitrogens with two attached hydrogens (primary N) is 2. The number of carbonyl (C=O) groups excluding carboxylic acids is 4. The van der Waals surface area contributed by atoms with Gasteiger partial charge in [-0.1, -0.05) is 32.0 Å². The third kappa shape index (κ3) is 8.28. The zero-order valence-electron chi connectivity index (χ0n) is 21.6. The van der Waals surface area contributed by atoms with Crippen LogP contribution in [0.15, 0.2) is 30.5 Å². The van der Waals surface area contributed by atoms with Crippen molar-refractivity contribution < 1.29 is 34.2 Å². The highest BCUT2D eigenvalue weighted by molar-refractivity contribution is 5.95. The molecule has 0 saturated heterocycles. The molecule has 0 radical (unpaired) electrons. The summed E-state index contributed by atoms with van der Waals surface area (Å²) in [6.45, 7) is 4.63. The number of rotatable bonds is 14. The molecule has 0 aliphatic heterocycles. The van der Waals surface area contributed by atoms with E-state index in [0.717, 1.165) is 10.9 Å². The fourth-order valence-electron chi connectivity index (χ4n) is 3.81. The van der Waals surface area contributed by atoms with Crippen LogP contribution in [0.2, 0.25) is 0 Å². The minimum Gasteiger partial charge on any atom is -0.480 e. The molecule has 2 aromatic rings. The molecule has 0 aliphatic carbocycles. The van der Waals surface area contributed by atoms with Gasteiger partial charge in [0.05, 0.1) is 6.10 Å². The summed E-state index contributed by atoms with van der Waals surface area (Å²) in [5.74, 6) is -4.80. The highest BCUT2D eigenvalue weighted by Crippen LogP contribution is 2.19. The Bertz CT molecular complexity index is 1160. The number of aliphatic hydroxyl groups excluding tert-OH is 1. The summed E-state index contributed by atoms with van der Waals surface area (Å²) < 4.78 is 0. The average Bonchev–Trinajstić information content (AvgIpc) is 3.26. The Morgan fingerprint density at radius 2 is 1.58 bits per heavy atom. The number of carbonyl (C=O) groups is 5. The Kier molecular flexibility index (Phi) is 10.8. The summed E-state index contributed by atoms with van der Waals surface area (Å²) in [5, 5.41) is 27.5. The molecule has 1 aromatic carbocycles. The maximum atomic E-state index is 13.1. The van der Waals surface area contributed by atoms with E-state index in [9.17, 15) is 34.2 Å². The van der Waals surface area contributed by atoms with Crippen LogP contribution < -0.4 is 27.4 Å². The van der Waals surface area contributed by atoms with Crippen LogP contribution in [0.3, 0.4) is 0 Å². The molecule has 0 saturated carbocycles. The predicted octanol–water partition coefficient (Wildman–Crippen LogP) is -1.12. The molecule has 0 spiro atoms. The fraction of sp³-hybridized carbons (Fsp3) is 0.480. The van der Waals surface area contributed by atoms with Crippen molar-refractivity contribution in [2.45, 2.75) is 70.3 Å². The maximum absolute atomic E-state index is 13.1. The lowest BCUT2D eigenvalue weighted by atomic mass is 10.0. The van der Waals surface area contributed by atoms with Gasteiger partial charge < -0.3 is 42.6 Å². The SMILES string of the molecule is CC(C)C(NC(=O)C(N)C(C)O)C(=O)NC(CCC(N)=O)C(=O)NC(Cc1c[nH]c2ccccc12)C(=O)O. The first-order valence-electron chi connectivity index (χ1n) is 12.2. The van der Waals surface area contributed by atoms with Crippen molar-refractivity contribution in [1.29, 1.82) is 0 Å². The average molecular weight is 533 g/mol. The van der Waals surface area contributed by atoms with Crippen molar-refractivity contribution >= 4 is 40.5 Å². The zero-order chi connectivity index (χ0) is 28.6. The van der Waals surface area contributed by atoms with Crippen LogP contribution in [-0.4, -0.2) is 75.1 Å². The molecule has 13 nitrogen and oxygen atoms in total. The number of aromatic nitrogens is 1. The topological polar surface area (TPSA) is 230 Å². The van der Waals surface area contributed by atoms with Crippen molar-refractivity contribution in [2.75, 3.05) is 0 Å². The van der Waals surface area contributed by atoms with Gasteiger partial charge in [0, 0.05) is 29.9 Å². The van der Waals surface area contributed by atoms with Crippen LogP contribution in [0, 0.1) is 5.92 Å². The molecule has 10 N–H and O–H groups in total. The van der Waals surface area contributed by atoms with Crippen molar-refractivity contribution in [3.8, 4) is 0 Å². The molecule has 5 atom stereocenters. The molecular weight excluding hydrogens is 496 g/mol. The third-order valence-electron chi connectivity index (χ3n) is 6.10. The Balaban J connectivity index is 2.20. The number of aliphatic hydroxyl groups is 1. The number of carboxylic acid groups (broad SMARTS) is 1. The standard InChI is InChI=1S/C25H36N6O7/c1-12(2)21(31-23(35)20(27)13(3)32)24(36)29-17(8-9-19(26)33)22(34)30-18(25(37)38)10-14-11-28-16-7-5-4-6-15(14)16/h4-7,11-13,17-18,20-21,28,32H,8-10,27H2,1-3H3,(H2,26,33)(H,29,36)(H,30,34)(H,31,35)(H,37,38). The molecule has 1 aromatic heterocycles. The number of benzene rings is 1. The highest BCUT2D eigenvalue weighted by Gasteiger charge is 2.32. The Hall–Kier alpha value is -3.97. The zero-order valence-corrected chi connectivity index (χ0v) is 21.6. The number of aromatic amines is 1. The second-order valence-corrected chi connectivity index (χ2v) is 9.53. The van der Waals surface area contributed by atoms with Crippen molar-refractivity contribution in [3.63, 3.8) is 0 Å². The van der Waals surface area contributed by atoms with Crippen LogP contribution in [-0.2, 0) is 30.4 Å². The maximum Gasteiger partial charge on any atom is 0.326 e. The molecule has 0 aliphatic rings. The number of amides is 4. The lowest BCUT2D eigenvalue weighted by Crippen LogP contribution is -2.59. The van der Waals surface area contributed by atoms with Gasteiger partial charge in [-0.2, -0.15) is 0 Å². The van der Waals surface area contributed by atoms with Gasteiger partial charge in [0.25, 0.3) is 0 Å². The summed E-state index contributed by atoms with van der Waals surface area (Å²) >= 11 is 0. The van der Waals surface area contributed by atoms with Gasteiger partial charge in [-0.3, -0.25) is 19.2 Å². The minimum absolute atomic E-state index is 0.0382. The first-order chi connectivity index (χ1) is 17.8. The second-order valence-electron chi connectivity index (χ2n) is 9.53. The molecular formula is C25H36N6O7. The van der Waals surface area contributed by atoms with E-state index in [1.807, 2.05) is 18.2 Å². The van der Waals surface area contributed by atoms with Crippen LogP contribution >= 0.6 is 0 Å². The van der Waals surface area contributed by atoms with E-state index in [-0.39, 0.29) is 19.3 Å². The molecule has 2 rings (SSSR count). The number of hydrogen-bond donors (Lipinski definition) is 8. The third-order valence-corrected chi connectivity index (χ3v) is 6.10. The summed E-state index contributed by atoms with van der Waals surface area (Å²) in [7, 11) is 0. The first-order valence-corrected chi connectivity index (χ1v) is 12.2. The van der Waals surface area contributed by atoms with Crippen molar-refractivity contribution in [2.24, 2.45) is 17.4 Å². The number of nitrogens with one attached hydrogen (secondary N) is 4. The molecule has 0 fully saturated rings. The molecule has 13 heteroatoms. The van der Waals surface area contributed by atoms with E-state index in [4.69, 9.17) is 11.5 Å². The molecule has 0 bridgehead atoms. The second kappa shape index (κ2) is 13.5. The van der Waals surface area contributed by atoms with Gasteiger partial charge in [-0.15, -0.1) is 0 Å². The summed E-state index contributed by atoms with van der Waals surface area (Å²) in [4.78, 5) is 64.9. The number of para-hydroxylation sites is 1. The molecule has 5 unspecified atom stereocenters. The monoisotopic (exact) mass is 532 g/mol. The summed E-state index contributed by atoms with van der Waals surface area (Å²) in [6, 6.07) is 2.24. The van der Waals surface area contributed by atoms with E-state index < -0.39 is 65.8 Å². The summed E-state index contributed by atoms with van der Waals surface area (Å²) in [6.07, 6.45) is 0.00359. The van der Waals surface area contributed by atoms with Gasteiger partial charge in [-0.25, -0.2) is 4.79 Å². The Labute approximate surface area is 219 Å². The van der Waals surface area contributed by atoms with Gasteiger partial charge in [0.15, 0.2) is 0 Å². The van der Waals surface area contributed by atoms with Gasteiger partial charge >= 0.3 is 5.97 Å². The first kappa shape index (κ1) is 30.3. The van der Waals surface area contributed by atoms with Crippen LogP contribution in [0.4, 0.5) is 0 Å². The number of hydrogen-bond acceptors (Lipinski definition) is 7. The lowest BCUT2D eigenvalue weighted by molar-refractivity contribution is -0.142. The van der Waals surface area contributed by atoms with Gasteiger partial charge in [0.1, 0.15) is 24.2 Å². The Morgan fingerprint density at radius 3 is 2.16 bits per heavy atom. The predicted molar refractivity (Wildman–Crippen MR) is 138 cm³/mol. The molecule has 208 valence electrons. The van der Waals surface area contributed by atoms with E-state index in [0.29, 0.717) is 5.56 Å². The number of primary amides is 1. The normalized spacial score (nSPS) is 15.2. The molecule has 38 heavy (non-hydrogen) atoms. The van der Waals surface area contributed by atoms with E-state index >= 15 is 0 Å². The Morgan fingerprint density at radius 1 is 0.947 bits per heavy atom. The number of carboxylic acids is 1.